The molecule has 0 aliphatic rings. The molecule has 0 aliphatic heterocycles. The van der Waals surface area contributed by atoms with Crippen molar-refractivity contribution in [2.24, 2.45) is 5.92 Å². The molecule has 1 rings (SSSR count). The van der Waals surface area contributed by atoms with Crippen LogP contribution in [0.1, 0.15) is 31.0 Å². The Balaban J connectivity index is 3.19. The van der Waals surface area contributed by atoms with Gasteiger partial charge in [0.1, 0.15) is 5.75 Å². The zero-order valence-electron chi connectivity index (χ0n) is 12.1. The van der Waals surface area contributed by atoms with Crippen LogP contribution in [-0.4, -0.2) is 37.8 Å². The second kappa shape index (κ2) is 6.76. The fraction of sp³-hybridized carbons (Fsp3) is 0.600. The number of methoxy groups -OCH3 is 1. The summed E-state index contributed by atoms with van der Waals surface area (Å²) in [6.07, 6.45) is 0.967. The van der Waals surface area contributed by atoms with Gasteiger partial charge in [0.2, 0.25) is 0 Å². The van der Waals surface area contributed by atoms with Crippen LogP contribution in [0.4, 0.5) is 0 Å². The van der Waals surface area contributed by atoms with Crippen LogP contribution in [0.25, 0.3) is 0 Å². The van der Waals surface area contributed by atoms with Crippen molar-refractivity contribution in [3.8, 4) is 5.75 Å². The van der Waals surface area contributed by atoms with Gasteiger partial charge in [-0.15, -0.1) is 0 Å². The summed E-state index contributed by atoms with van der Waals surface area (Å²) in [5, 5.41) is 9.43. The summed E-state index contributed by atoms with van der Waals surface area (Å²) in [6.45, 7) is 4.42. The van der Waals surface area contributed by atoms with Crippen LogP contribution < -0.4 is 4.74 Å². The fourth-order valence-electron chi connectivity index (χ4n) is 2.50. The highest BCUT2D eigenvalue weighted by molar-refractivity contribution is 5.38. The van der Waals surface area contributed by atoms with Gasteiger partial charge in [-0.1, -0.05) is 19.9 Å². The van der Waals surface area contributed by atoms with Gasteiger partial charge < -0.3 is 14.7 Å². The first-order valence-electron chi connectivity index (χ1n) is 6.49. The maximum atomic E-state index is 9.43. The minimum Gasteiger partial charge on any atom is -0.497 e. The molecule has 0 fully saturated rings. The Hall–Kier alpha value is -1.06. The molecule has 0 amide bonds. The van der Waals surface area contributed by atoms with E-state index in [9.17, 15) is 5.11 Å². The molecule has 0 aromatic heterocycles. The van der Waals surface area contributed by atoms with E-state index in [4.69, 9.17) is 4.74 Å². The molecular weight excluding hydrogens is 226 g/mol. The standard InChI is InChI=1S/C15H25NO2/c1-6-12-9-13(18-5)7-8-14(12)15(16(3)4)11(2)10-17/h7-9,11,15,17H,6,10H2,1-5H3. The van der Waals surface area contributed by atoms with E-state index in [1.807, 2.05) is 6.07 Å². The van der Waals surface area contributed by atoms with E-state index in [0.29, 0.717) is 0 Å². The molecule has 18 heavy (non-hydrogen) atoms. The number of nitrogens with zero attached hydrogens (tertiary/aromatic N) is 1. The SMILES string of the molecule is CCc1cc(OC)ccc1C(C(C)CO)N(C)C. The summed E-state index contributed by atoms with van der Waals surface area (Å²) in [5.74, 6) is 1.10. The van der Waals surface area contributed by atoms with E-state index >= 15 is 0 Å². The predicted molar refractivity (Wildman–Crippen MR) is 75.0 cm³/mol. The molecule has 0 saturated carbocycles. The van der Waals surface area contributed by atoms with Gasteiger partial charge in [0.05, 0.1) is 7.11 Å². The zero-order valence-corrected chi connectivity index (χ0v) is 12.1. The van der Waals surface area contributed by atoms with Crippen LogP contribution in [0.5, 0.6) is 5.75 Å². The van der Waals surface area contributed by atoms with Crippen molar-refractivity contribution < 1.29 is 9.84 Å². The van der Waals surface area contributed by atoms with Crippen molar-refractivity contribution in [3.05, 3.63) is 29.3 Å². The second-order valence-electron chi connectivity index (χ2n) is 4.99. The Bertz CT molecular complexity index is 377. The quantitative estimate of drug-likeness (QED) is 0.843. The van der Waals surface area contributed by atoms with Crippen molar-refractivity contribution in [2.75, 3.05) is 27.8 Å². The van der Waals surface area contributed by atoms with E-state index in [1.165, 1.54) is 11.1 Å². The first-order valence-corrected chi connectivity index (χ1v) is 6.49. The van der Waals surface area contributed by atoms with Gasteiger partial charge in [-0.25, -0.2) is 0 Å². The maximum Gasteiger partial charge on any atom is 0.119 e. The van der Waals surface area contributed by atoms with Gasteiger partial charge in [-0.3, -0.25) is 0 Å². The van der Waals surface area contributed by atoms with Gasteiger partial charge >= 0.3 is 0 Å². The van der Waals surface area contributed by atoms with E-state index in [-0.39, 0.29) is 18.6 Å². The van der Waals surface area contributed by atoms with Crippen LogP contribution in [-0.2, 0) is 6.42 Å². The molecule has 3 nitrogen and oxygen atoms in total. The molecule has 0 aliphatic carbocycles. The van der Waals surface area contributed by atoms with Crippen molar-refractivity contribution in [2.45, 2.75) is 26.3 Å². The van der Waals surface area contributed by atoms with Gasteiger partial charge in [0, 0.05) is 12.6 Å². The molecule has 3 heteroatoms. The van der Waals surface area contributed by atoms with Crippen molar-refractivity contribution in [1.29, 1.82) is 0 Å². The molecule has 1 N–H and O–H groups in total. The first-order chi connectivity index (χ1) is 8.54. The summed E-state index contributed by atoms with van der Waals surface area (Å²) >= 11 is 0. The Labute approximate surface area is 110 Å². The largest absolute Gasteiger partial charge is 0.497 e. The minimum atomic E-state index is 0.192. The smallest absolute Gasteiger partial charge is 0.119 e. The molecule has 0 heterocycles. The minimum absolute atomic E-state index is 0.192. The lowest BCUT2D eigenvalue weighted by Crippen LogP contribution is -2.28. The maximum absolute atomic E-state index is 9.43. The predicted octanol–water partition coefficient (Wildman–Crippen LogP) is 2.49. The molecule has 0 radical (unpaired) electrons. The third-order valence-corrected chi connectivity index (χ3v) is 3.43. The Morgan fingerprint density at radius 1 is 1.33 bits per heavy atom. The number of hydrogen-bond acceptors (Lipinski definition) is 3. The molecule has 0 saturated heterocycles. The van der Waals surface area contributed by atoms with Crippen LogP contribution in [0.3, 0.4) is 0 Å². The second-order valence-corrected chi connectivity index (χ2v) is 4.99. The number of aliphatic hydroxyl groups is 1. The molecule has 2 unspecified atom stereocenters. The van der Waals surface area contributed by atoms with Gasteiger partial charge in [-0.2, -0.15) is 0 Å². The lowest BCUT2D eigenvalue weighted by atomic mass is 9.89. The number of hydrogen-bond donors (Lipinski definition) is 1. The topological polar surface area (TPSA) is 32.7 Å². The average Bonchev–Trinajstić information content (AvgIpc) is 2.38. The van der Waals surface area contributed by atoms with Crippen LogP contribution in [0, 0.1) is 5.92 Å². The van der Waals surface area contributed by atoms with Crippen LogP contribution in [0.15, 0.2) is 18.2 Å². The van der Waals surface area contributed by atoms with Gasteiger partial charge in [0.15, 0.2) is 0 Å². The first kappa shape index (κ1) is 15.0. The number of aliphatic hydroxyl groups excluding tert-OH is 1. The van der Waals surface area contributed by atoms with Crippen molar-refractivity contribution >= 4 is 0 Å². The third kappa shape index (κ3) is 3.24. The number of ether oxygens (including phenoxy) is 1. The highest BCUT2D eigenvalue weighted by atomic mass is 16.5. The van der Waals surface area contributed by atoms with Crippen LogP contribution >= 0.6 is 0 Å². The molecule has 1 aromatic rings. The van der Waals surface area contributed by atoms with E-state index in [1.54, 1.807) is 7.11 Å². The van der Waals surface area contributed by atoms with E-state index in [0.717, 1.165) is 12.2 Å². The summed E-state index contributed by atoms with van der Waals surface area (Å²) < 4.78 is 5.28. The highest BCUT2D eigenvalue weighted by Crippen LogP contribution is 2.31. The Kier molecular flexibility index (Phi) is 5.63. The molecule has 0 spiro atoms. The monoisotopic (exact) mass is 251 g/mol. The van der Waals surface area contributed by atoms with Crippen molar-refractivity contribution in [3.63, 3.8) is 0 Å². The summed E-state index contributed by atoms with van der Waals surface area (Å²) in [5.41, 5.74) is 2.57. The molecular formula is C15H25NO2. The fourth-order valence-corrected chi connectivity index (χ4v) is 2.50. The van der Waals surface area contributed by atoms with Crippen molar-refractivity contribution in [1.82, 2.24) is 4.90 Å². The molecule has 102 valence electrons. The Morgan fingerprint density at radius 2 is 2.00 bits per heavy atom. The molecule has 2 atom stereocenters. The van der Waals surface area contributed by atoms with E-state index < -0.39 is 0 Å². The molecule has 1 aromatic carbocycles. The number of benzene rings is 1. The lowest BCUT2D eigenvalue weighted by molar-refractivity contribution is 0.145. The third-order valence-electron chi connectivity index (χ3n) is 3.43. The number of rotatable bonds is 6. The van der Waals surface area contributed by atoms with Gasteiger partial charge in [0.25, 0.3) is 0 Å². The van der Waals surface area contributed by atoms with E-state index in [2.05, 4.69) is 45.0 Å². The highest BCUT2D eigenvalue weighted by Gasteiger charge is 2.23. The average molecular weight is 251 g/mol. The normalized spacial score (nSPS) is 14.6. The summed E-state index contributed by atoms with van der Waals surface area (Å²) in [7, 11) is 5.80. The Morgan fingerprint density at radius 3 is 2.44 bits per heavy atom. The molecule has 0 bridgehead atoms. The number of aryl methyl sites for hydroxylation is 1. The zero-order chi connectivity index (χ0) is 13.7. The van der Waals surface area contributed by atoms with Crippen LogP contribution in [0.2, 0.25) is 0 Å². The summed E-state index contributed by atoms with van der Waals surface area (Å²) in [4.78, 5) is 2.17. The van der Waals surface area contributed by atoms with Gasteiger partial charge in [-0.05, 0) is 49.7 Å². The summed E-state index contributed by atoms with van der Waals surface area (Å²) in [6, 6.07) is 6.44. The lowest BCUT2D eigenvalue weighted by Gasteiger charge is -2.31.